The van der Waals surface area contributed by atoms with Gasteiger partial charge >= 0.3 is 0 Å². The highest BCUT2D eigenvalue weighted by atomic mass is 35.5. The van der Waals surface area contributed by atoms with E-state index in [2.05, 4.69) is 20.3 Å². The predicted molar refractivity (Wildman–Crippen MR) is 66.9 cm³/mol. The maximum Gasteiger partial charge on any atom is 0.216 e. The predicted octanol–water partition coefficient (Wildman–Crippen LogP) is 2.61. The fourth-order valence-electron chi connectivity index (χ4n) is 1.48. The van der Waals surface area contributed by atoms with Crippen molar-refractivity contribution in [3.05, 3.63) is 29.3 Å². The molecule has 0 spiro atoms. The third-order valence-corrected chi connectivity index (χ3v) is 2.60. The zero-order valence-electron chi connectivity index (χ0n) is 10.3. The highest BCUT2D eigenvalue weighted by Crippen LogP contribution is 2.30. The summed E-state index contributed by atoms with van der Waals surface area (Å²) in [6.45, 7) is 3.74. The first-order valence-electron chi connectivity index (χ1n) is 5.35. The van der Waals surface area contributed by atoms with Crippen molar-refractivity contribution in [1.29, 1.82) is 0 Å². The minimum atomic E-state index is -0.154. The van der Waals surface area contributed by atoms with Crippen LogP contribution in [0.5, 0.6) is 5.75 Å². The second-order valence-corrected chi connectivity index (χ2v) is 4.08. The number of hydrogen-bond acceptors (Lipinski definition) is 6. The Balaban J connectivity index is 2.21. The number of oxazole rings is 1. The van der Waals surface area contributed by atoms with Crippen molar-refractivity contribution in [3.8, 4) is 5.75 Å². The third-order valence-electron chi connectivity index (χ3n) is 2.33. The number of ether oxygens (including phenoxy) is 1. The van der Waals surface area contributed by atoms with E-state index >= 15 is 0 Å². The summed E-state index contributed by atoms with van der Waals surface area (Å²) in [4.78, 5) is 12.1. The maximum absolute atomic E-state index is 5.91. The van der Waals surface area contributed by atoms with Gasteiger partial charge in [-0.2, -0.15) is 0 Å². The Hall–Kier alpha value is -1.82. The molecule has 0 aliphatic rings. The molecular formula is C11H13ClN4O2. The SMILES string of the molecule is COc1c(Cl)ncnc1NC(C)c1ncc(C)o1. The van der Waals surface area contributed by atoms with E-state index in [0.29, 0.717) is 17.5 Å². The Morgan fingerprint density at radius 1 is 1.39 bits per heavy atom. The van der Waals surface area contributed by atoms with Gasteiger partial charge in [-0.25, -0.2) is 15.0 Å². The van der Waals surface area contributed by atoms with Crippen LogP contribution >= 0.6 is 11.6 Å². The molecule has 18 heavy (non-hydrogen) atoms. The minimum Gasteiger partial charge on any atom is -0.490 e. The summed E-state index contributed by atoms with van der Waals surface area (Å²) >= 11 is 5.91. The van der Waals surface area contributed by atoms with Crippen molar-refractivity contribution in [1.82, 2.24) is 15.0 Å². The number of aromatic nitrogens is 3. The summed E-state index contributed by atoms with van der Waals surface area (Å²) in [6.07, 6.45) is 3.03. The average Bonchev–Trinajstić information content (AvgIpc) is 2.76. The summed E-state index contributed by atoms with van der Waals surface area (Å²) in [5.41, 5.74) is 0. The van der Waals surface area contributed by atoms with Crippen molar-refractivity contribution in [3.63, 3.8) is 0 Å². The van der Waals surface area contributed by atoms with Crippen LogP contribution in [-0.2, 0) is 0 Å². The molecule has 7 heteroatoms. The summed E-state index contributed by atoms with van der Waals surface area (Å²) in [6, 6.07) is -0.154. The van der Waals surface area contributed by atoms with E-state index in [1.165, 1.54) is 13.4 Å². The van der Waals surface area contributed by atoms with Crippen LogP contribution in [0.15, 0.2) is 16.9 Å². The highest BCUT2D eigenvalue weighted by molar-refractivity contribution is 6.31. The first-order chi connectivity index (χ1) is 8.61. The van der Waals surface area contributed by atoms with Gasteiger partial charge in [0, 0.05) is 0 Å². The molecular weight excluding hydrogens is 256 g/mol. The topological polar surface area (TPSA) is 73.1 Å². The minimum absolute atomic E-state index is 0.154. The lowest BCUT2D eigenvalue weighted by Crippen LogP contribution is -2.10. The normalized spacial score (nSPS) is 12.2. The molecule has 1 atom stereocenters. The van der Waals surface area contributed by atoms with Gasteiger partial charge in [0.15, 0.2) is 16.7 Å². The Kier molecular flexibility index (Phi) is 3.66. The van der Waals surface area contributed by atoms with E-state index in [0.717, 1.165) is 5.76 Å². The number of rotatable bonds is 4. The second kappa shape index (κ2) is 5.22. The molecule has 0 aromatic carbocycles. The monoisotopic (exact) mass is 268 g/mol. The van der Waals surface area contributed by atoms with E-state index < -0.39 is 0 Å². The first-order valence-corrected chi connectivity index (χ1v) is 5.73. The standard InChI is InChI=1S/C11H13ClN4O2/c1-6-4-13-11(18-6)7(2)16-10-8(17-3)9(12)14-5-15-10/h4-5,7H,1-3H3,(H,14,15,16). The molecule has 2 heterocycles. The van der Waals surface area contributed by atoms with E-state index in [1.54, 1.807) is 6.20 Å². The zero-order valence-corrected chi connectivity index (χ0v) is 11.0. The van der Waals surface area contributed by atoms with Gasteiger partial charge in [0.2, 0.25) is 5.89 Å². The number of halogens is 1. The molecule has 0 radical (unpaired) electrons. The van der Waals surface area contributed by atoms with E-state index in [4.69, 9.17) is 20.8 Å². The van der Waals surface area contributed by atoms with Crippen LogP contribution < -0.4 is 10.1 Å². The van der Waals surface area contributed by atoms with Crippen LogP contribution in [-0.4, -0.2) is 22.1 Å². The fourth-order valence-corrected chi connectivity index (χ4v) is 1.69. The fraction of sp³-hybridized carbons (Fsp3) is 0.364. The van der Waals surface area contributed by atoms with Crippen LogP contribution in [0, 0.1) is 6.92 Å². The van der Waals surface area contributed by atoms with Gasteiger partial charge in [-0.05, 0) is 13.8 Å². The molecule has 0 bridgehead atoms. The summed E-state index contributed by atoms with van der Waals surface area (Å²) < 4.78 is 10.6. The summed E-state index contributed by atoms with van der Waals surface area (Å²) in [5, 5.41) is 3.37. The molecule has 0 saturated heterocycles. The first kappa shape index (κ1) is 12.6. The number of nitrogens with one attached hydrogen (secondary N) is 1. The maximum atomic E-state index is 5.91. The number of nitrogens with zero attached hydrogens (tertiary/aromatic N) is 3. The smallest absolute Gasteiger partial charge is 0.216 e. The Morgan fingerprint density at radius 2 is 2.17 bits per heavy atom. The van der Waals surface area contributed by atoms with Gasteiger partial charge in [-0.1, -0.05) is 11.6 Å². The van der Waals surface area contributed by atoms with Crippen molar-refractivity contribution >= 4 is 17.4 Å². The van der Waals surface area contributed by atoms with Gasteiger partial charge in [0.1, 0.15) is 18.1 Å². The molecule has 2 rings (SSSR count). The lowest BCUT2D eigenvalue weighted by molar-refractivity contribution is 0.410. The van der Waals surface area contributed by atoms with Gasteiger partial charge in [0.25, 0.3) is 0 Å². The molecule has 2 aromatic heterocycles. The molecule has 0 aliphatic carbocycles. The van der Waals surface area contributed by atoms with Crippen molar-refractivity contribution in [2.45, 2.75) is 19.9 Å². The third kappa shape index (κ3) is 2.53. The summed E-state index contributed by atoms with van der Waals surface area (Å²) in [5.74, 6) is 2.23. The van der Waals surface area contributed by atoms with Crippen LogP contribution in [0.1, 0.15) is 24.6 Å². The van der Waals surface area contributed by atoms with Crippen LogP contribution in [0.3, 0.4) is 0 Å². The highest BCUT2D eigenvalue weighted by Gasteiger charge is 2.16. The average molecular weight is 269 g/mol. The summed E-state index contributed by atoms with van der Waals surface area (Å²) in [7, 11) is 1.51. The van der Waals surface area contributed by atoms with Gasteiger partial charge in [0.05, 0.1) is 13.3 Å². The Morgan fingerprint density at radius 3 is 2.78 bits per heavy atom. The quantitative estimate of drug-likeness (QED) is 0.859. The second-order valence-electron chi connectivity index (χ2n) is 3.72. The van der Waals surface area contributed by atoms with Crippen molar-refractivity contribution in [2.75, 3.05) is 12.4 Å². The molecule has 0 fully saturated rings. The van der Waals surface area contributed by atoms with Crippen molar-refractivity contribution in [2.24, 2.45) is 0 Å². The lowest BCUT2D eigenvalue weighted by Gasteiger charge is -2.14. The van der Waals surface area contributed by atoms with Gasteiger partial charge < -0.3 is 14.5 Å². The lowest BCUT2D eigenvalue weighted by atomic mass is 10.3. The molecule has 1 unspecified atom stereocenters. The number of anilines is 1. The number of hydrogen-bond donors (Lipinski definition) is 1. The van der Waals surface area contributed by atoms with Gasteiger partial charge in [-0.15, -0.1) is 0 Å². The van der Waals surface area contributed by atoms with Crippen molar-refractivity contribution < 1.29 is 9.15 Å². The molecule has 0 saturated carbocycles. The van der Waals surface area contributed by atoms with Crippen LogP contribution in [0.25, 0.3) is 0 Å². The van der Waals surface area contributed by atoms with E-state index in [1.807, 2.05) is 13.8 Å². The number of methoxy groups -OCH3 is 1. The van der Waals surface area contributed by atoms with E-state index in [9.17, 15) is 0 Å². The molecule has 2 aromatic rings. The zero-order chi connectivity index (χ0) is 13.1. The Labute approximate surface area is 109 Å². The molecule has 0 aliphatic heterocycles. The molecule has 6 nitrogen and oxygen atoms in total. The van der Waals surface area contributed by atoms with Crippen LogP contribution in [0.2, 0.25) is 5.15 Å². The largest absolute Gasteiger partial charge is 0.490 e. The van der Waals surface area contributed by atoms with E-state index in [-0.39, 0.29) is 11.2 Å². The molecule has 0 amide bonds. The van der Waals surface area contributed by atoms with Crippen LogP contribution in [0.4, 0.5) is 5.82 Å². The van der Waals surface area contributed by atoms with Gasteiger partial charge in [-0.3, -0.25) is 0 Å². The molecule has 1 N–H and O–H groups in total. The Bertz CT molecular complexity index is 544. The number of aryl methyl sites for hydroxylation is 1. The molecule has 96 valence electrons.